The van der Waals surface area contributed by atoms with Crippen LogP contribution in [0.3, 0.4) is 0 Å². The van der Waals surface area contributed by atoms with E-state index < -0.39 is 16.1 Å². The summed E-state index contributed by atoms with van der Waals surface area (Å²) < 4.78 is 5.13. The SMILES string of the molecule is CC(C)(C)c1cccc2c3ccccc3n(-c3ccc4c(c3)N(c3ccccc3[Si](C)(C)C)c3cccc5c3B4c3ccc(-n4c6ccccc6c6cccc(C(C)(C)C)c64)cc3N5c3ccccc3[Si](C)(C)C)c12. The zero-order valence-corrected chi connectivity index (χ0v) is 47.8. The molecule has 2 aliphatic rings. The van der Waals surface area contributed by atoms with Gasteiger partial charge in [-0.25, -0.2) is 0 Å². The molecule has 4 nitrogen and oxygen atoms in total. The number of nitrogens with zero attached hydrogens (tertiary/aromatic N) is 4. The summed E-state index contributed by atoms with van der Waals surface area (Å²) in [6, 6.07) is 72.4. The van der Waals surface area contributed by atoms with Gasteiger partial charge in [-0.1, -0.05) is 208 Å². The molecule has 0 atom stereocenters. The van der Waals surface area contributed by atoms with E-state index in [1.807, 2.05) is 0 Å². The Kier molecular flexibility index (Phi) is 10.5. The number of benzene rings is 9. The topological polar surface area (TPSA) is 16.3 Å². The number of hydrogen-bond acceptors (Lipinski definition) is 2. The Morgan fingerprint density at radius 1 is 0.347 bits per heavy atom. The molecule has 0 unspecified atom stereocenters. The number of anilines is 6. The van der Waals surface area contributed by atoms with E-state index in [-0.39, 0.29) is 17.5 Å². The molecule has 0 saturated heterocycles. The molecule has 0 spiro atoms. The van der Waals surface area contributed by atoms with Crippen molar-refractivity contribution < 1.29 is 0 Å². The fourth-order valence-corrected chi connectivity index (χ4v) is 16.2. The average molecular weight is 1010 g/mol. The van der Waals surface area contributed by atoms with Crippen LogP contribution in [0.4, 0.5) is 34.1 Å². The molecule has 0 saturated carbocycles. The molecule has 0 radical (unpaired) electrons. The van der Waals surface area contributed by atoms with Gasteiger partial charge in [-0.2, -0.15) is 0 Å². The lowest BCUT2D eigenvalue weighted by Gasteiger charge is -2.45. The van der Waals surface area contributed by atoms with Crippen LogP contribution in [0.5, 0.6) is 0 Å². The molecular weight excluding hydrogens is 940 g/mol. The lowest BCUT2D eigenvalue weighted by Crippen LogP contribution is -2.62. The first-order chi connectivity index (χ1) is 35.8. The smallest absolute Gasteiger partial charge is 0.252 e. The number of para-hydroxylation sites is 6. The van der Waals surface area contributed by atoms with Gasteiger partial charge < -0.3 is 18.9 Å². The van der Waals surface area contributed by atoms with Crippen molar-refractivity contribution >= 4 is 127 Å². The Labute approximate surface area is 446 Å². The maximum atomic E-state index is 2.66. The van der Waals surface area contributed by atoms with Crippen molar-refractivity contribution in [3.05, 3.63) is 199 Å². The van der Waals surface area contributed by atoms with E-state index in [0.717, 1.165) is 0 Å². The third-order valence-electron chi connectivity index (χ3n) is 16.4. The van der Waals surface area contributed by atoms with Gasteiger partial charge in [0, 0.05) is 67.0 Å². The highest BCUT2D eigenvalue weighted by molar-refractivity contribution is 7.00. The third-order valence-corrected chi connectivity index (χ3v) is 20.5. The van der Waals surface area contributed by atoms with Gasteiger partial charge in [-0.05, 0) is 109 Å². The van der Waals surface area contributed by atoms with E-state index in [1.54, 1.807) is 0 Å². The molecule has 0 bridgehead atoms. The molecule has 75 heavy (non-hydrogen) atoms. The summed E-state index contributed by atoms with van der Waals surface area (Å²) >= 11 is 0. The van der Waals surface area contributed by atoms with Crippen molar-refractivity contribution in [1.29, 1.82) is 0 Å². The molecule has 0 amide bonds. The minimum Gasteiger partial charge on any atom is -0.311 e. The minimum absolute atomic E-state index is 0.0403. The first-order valence-electron chi connectivity index (χ1n) is 27.1. The molecule has 13 rings (SSSR count). The van der Waals surface area contributed by atoms with Crippen LogP contribution < -0.4 is 36.6 Å². The summed E-state index contributed by atoms with van der Waals surface area (Å²) in [5, 5.41) is 8.04. The van der Waals surface area contributed by atoms with Gasteiger partial charge in [0.1, 0.15) is 0 Å². The molecule has 0 N–H and O–H groups in total. The van der Waals surface area contributed by atoms with Gasteiger partial charge in [0.25, 0.3) is 6.71 Å². The Morgan fingerprint density at radius 3 is 1.12 bits per heavy atom. The first kappa shape index (κ1) is 47.4. The second-order valence-corrected chi connectivity index (χ2v) is 35.5. The fourth-order valence-electron chi connectivity index (χ4n) is 13.1. The highest BCUT2D eigenvalue weighted by Gasteiger charge is 2.45. The zero-order valence-electron chi connectivity index (χ0n) is 45.8. The van der Waals surface area contributed by atoms with Crippen molar-refractivity contribution in [2.75, 3.05) is 9.80 Å². The van der Waals surface area contributed by atoms with E-state index in [9.17, 15) is 0 Å². The molecule has 2 aliphatic heterocycles. The standard InChI is InChI=1S/C68H67BN4Si2/c1-67(2,3)50-28-21-26-48-46-24-13-15-30-54(46)70(65(48)50)44-38-40-52-60(42-44)72(56-32-17-19-36-62(56)74(7,8)9)58-34-23-35-59-64(58)69(52)53-41-39-45(43-61(53)73(59)57-33-18-20-37-63(57)75(10,11)12)71-55-31-16-14-25-47(55)49-27-22-29-51(66(49)71)68(4,5)6/h13-43H,1-12H3. The zero-order chi connectivity index (χ0) is 52.1. The summed E-state index contributed by atoms with van der Waals surface area (Å²) in [6.07, 6.45) is 0. The summed E-state index contributed by atoms with van der Waals surface area (Å²) in [4.78, 5) is 5.32. The van der Waals surface area contributed by atoms with Crippen LogP contribution in [0.1, 0.15) is 52.7 Å². The van der Waals surface area contributed by atoms with Crippen LogP contribution in [-0.4, -0.2) is 32.0 Å². The maximum Gasteiger partial charge on any atom is 0.252 e. The molecule has 11 aromatic rings. The van der Waals surface area contributed by atoms with E-state index in [2.05, 4.69) is 288 Å². The average Bonchev–Trinajstić information content (AvgIpc) is 4.00. The molecule has 370 valence electrons. The van der Waals surface area contributed by atoms with E-state index in [0.29, 0.717) is 0 Å². The highest BCUT2D eigenvalue weighted by atomic mass is 28.3. The number of fused-ring (bicyclic) bond motifs is 10. The number of rotatable bonds is 6. The second kappa shape index (κ2) is 16.6. The number of aromatic nitrogens is 2. The molecule has 0 fully saturated rings. The Balaban J connectivity index is 1.15. The van der Waals surface area contributed by atoms with Crippen LogP contribution in [-0.2, 0) is 10.8 Å². The highest BCUT2D eigenvalue weighted by Crippen LogP contribution is 2.47. The Hall–Kier alpha value is -7.32. The van der Waals surface area contributed by atoms with Gasteiger partial charge in [0.05, 0.1) is 38.2 Å². The van der Waals surface area contributed by atoms with Crippen molar-refractivity contribution in [2.45, 2.75) is 91.7 Å². The normalized spacial score (nSPS) is 13.8. The van der Waals surface area contributed by atoms with Crippen molar-refractivity contribution in [2.24, 2.45) is 0 Å². The van der Waals surface area contributed by atoms with Gasteiger partial charge >= 0.3 is 0 Å². The molecule has 4 heterocycles. The third kappa shape index (κ3) is 7.21. The van der Waals surface area contributed by atoms with Gasteiger partial charge in [-0.3, -0.25) is 0 Å². The maximum absolute atomic E-state index is 2.66. The van der Waals surface area contributed by atoms with E-state index in [1.165, 1.54) is 127 Å². The van der Waals surface area contributed by atoms with Crippen molar-refractivity contribution in [3.8, 4) is 11.4 Å². The second-order valence-electron chi connectivity index (χ2n) is 25.4. The molecular formula is C68H67BN4Si2. The molecule has 7 heteroatoms. The molecule has 9 aromatic carbocycles. The number of hydrogen-bond donors (Lipinski definition) is 0. The van der Waals surface area contributed by atoms with E-state index in [4.69, 9.17) is 0 Å². The predicted molar refractivity (Wildman–Crippen MR) is 333 cm³/mol. The van der Waals surface area contributed by atoms with Crippen LogP contribution in [0.25, 0.3) is 55.0 Å². The lowest BCUT2D eigenvalue weighted by atomic mass is 9.33. The van der Waals surface area contributed by atoms with Gasteiger partial charge in [-0.15, -0.1) is 0 Å². The van der Waals surface area contributed by atoms with Crippen molar-refractivity contribution in [3.63, 3.8) is 0 Å². The molecule has 2 aromatic heterocycles. The Morgan fingerprint density at radius 2 is 0.707 bits per heavy atom. The quantitative estimate of drug-likeness (QED) is 0.154. The predicted octanol–water partition coefficient (Wildman–Crippen LogP) is 15.6. The monoisotopic (exact) mass is 1010 g/mol. The van der Waals surface area contributed by atoms with Crippen molar-refractivity contribution in [1.82, 2.24) is 9.13 Å². The minimum atomic E-state index is -1.89. The Bertz CT molecular complexity index is 3890. The summed E-state index contributed by atoms with van der Waals surface area (Å²) in [5.41, 5.74) is 21.4. The van der Waals surface area contributed by atoms with Crippen LogP contribution >= 0.6 is 0 Å². The summed E-state index contributed by atoms with van der Waals surface area (Å²) in [7, 11) is -3.78. The van der Waals surface area contributed by atoms with E-state index >= 15 is 0 Å². The summed E-state index contributed by atoms with van der Waals surface area (Å²) in [5.74, 6) is 0. The first-order valence-corrected chi connectivity index (χ1v) is 34.1. The fraction of sp³-hybridized carbons (Fsp3) is 0.206. The largest absolute Gasteiger partial charge is 0.311 e. The lowest BCUT2D eigenvalue weighted by molar-refractivity contribution is 0.593. The van der Waals surface area contributed by atoms with Gasteiger partial charge in [0.2, 0.25) is 0 Å². The van der Waals surface area contributed by atoms with Crippen LogP contribution in [0.2, 0.25) is 39.3 Å². The van der Waals surface area contributed by atoms with Gasteiger partial charge in [0.15, 0.2) is 0 Å². The summed E-state index contributed by atoms with van der Waals surface area (Å²) in [6.45, 7) is 29.0. The van der Waals surface area contributed by atoms with Crippen LogP contribution in [0.15, 0.2) is 188 Å². The van der Waals surface area contributed by atoms with Crippen LogP contribution in [0, 0.1) is 0 Å². The molecule has 0 aliphatic carbocycles.